The number of carbonyl (C=O) groups is 2. The Bertz CT molecular complexity index is 1360. The Balaban J connectivity index is 1.32. The van der Waals surface area contributed by atoms with Crippen molar-refractivity contribution in [2.24, 2.45) is 0 Å². The number of carbonyl (C=O) groups excluding carboxylic acids is 2. The van der Waals surface area contributed by atoms with Crippen LogP contribution in [0.2, 0.25) is 0 Å². The first-order valence-corrected chi connectivity index (χ1v) is 10.9. The van der Waals surface area contributed by atoms with Crippen LogP contribution < -0.4 is 20.7 Å². The minimum absolute atomic E-state index is 0.0958. The van der Waals surface area contributed by atoms with E-state index in [1.165, 1.54) is 19.4 Å². The molecule has 4 aromatic rings. The zero-order valence-corrected chi connectivity index (χ0v) is 19.4. The van der Waals surface area contributed by atoms with Crippen molar-refractivity contribution in [2.45, 2.75) is 0 Å². The van der Waals surface area contributed by atoms with Crippen molar-refractivity contribution in [3.63, 3.8) is 0 Å². The quantitative estimate of drug-likeness (QED) is 0.239. The van der Waals surface area contributed by atoms with Crippen molar-refractivity contribution in [3.05, 3.63) is 96.7 Å². The van der Waals surface area contributed by atoms with Gasteiger partial charge in [-0.05, 0) is 54.7 Å². The molecule has 0 saturated carbocycles. The van der Waals surface area contributed by atoms with Crippen molar-refractivity contribution in [3.8, 4) is 17.1 Å². The molecular formula is C26H21N3O5S. The molecule has 0 saturated heterocycles. The molecule has 2 heterocycles. The van der Waals surface area contributed by atoms with Gasteiger partial charge in [-0.1, -0.05) is 30.3 Å². The number of hydrogen-bond acceptors (Lipinski definition) is 6. The second kappa shape index (κ2) is 11.0. The standard InChI is InChI=1S/C26H21N3O5S/c1-32-23-16-18(9-12-20(23)28-25(31)22-8-5-15-33-22)27-26(35)29-24(30)14-11-19-10-13-21(34-19)17-6-3-2-4-7-17/h2-16H,1H3,(H,28,31)(H2,27,29,30,35)/b14-11+. The number of rotatable bonds is 7. The molecule has 0 atom stereocenters. The second-order valence-corrected chi connectivity index (χ2v) is 7.60. The first-order valence-electron chi connectivity index (χ1n) is 10.5. The molecule has 2 amide bonds. The Morgan fingerprint density at radius 3 is 2.54 bits per heavy atom. The van der Waals surface area contributed by atoms with Gasteiger partial charge in [-0.2, -0.15) is 0 Å². The van der Waals surface area contributed by atoms with Crippen molar-refractivity contribution >= 4 is 46.6 Å². The minimum atomic E-state index is -0.422. The Labute approximate surface area is 206 Å². The van der Waals surface area contributed by atoms with Crippen LogP contribution in [0.15, 0.2) is 94.0 Å². The van der Waals surface area contributed by atoms with E-state index < -0.39 is 11.8 Å². The van der Waals surface area contributed by atoms with E-state index in [4.69, 9.17) is 25.8 Å². The molecule has 0 aliphatic heterocycles. The molecule has 2 aromatic heterocycles. The number of methoxy groups -OCH3 is 1. The SMILES string of the molecule is COc1cc(NC(=S)NC(=O)/C=C/c2ccc(-c3ccccc3)o2)ccc1NC(=O)c1ccco1. The molecule has 0 bridgehead atoms. The predicted molar refractivity (Wildman–Crippen MR) is 137 cm³/mol. The Morgan fingerprint density at radius 2 is 1.80 bits per heavy atom. The molecule has 4 rings (SSSR count). The zero-order chi connectivity index (χ0) is 24.6. The normalized spacial score (nSPS) is 10.7. The van der Waals surface area contributed by atoms with Gasteiger partial charge in [0.25, 0.3) is 5.91 Å². The van der Waals surface area contributed by atoms with Crippen LogP contribution in [0.5, 0.6) is 5.75 Å². The summed E-state index contributed by atoms with van der Waals surface area (Å²) in [6, 6.07) is 21.4. The predicted octanol–water partition coefficient (Wildman–Crippen LogP) is 5.33. The lowest BCUT2D eigenvalue weighted by atomic mass is 10.2. The number of thiocarbonyl (C=S) groups is 1. The molecule has 9 heteroatoms. The number of hydrogen-bond donors (Lipinski definition) is 3. The van der Waals surface area contributed by atoms with Crippen molar-refractivity contribution in [1.29, 1.82) is 0 Å². The van der Waals surface area contributed by atoms with Crippen LogP contribution in [-0.4, -0.2) is 24.0 Å². The van der Waals surface area contributed by atoms with Crippen LogP contribution in [0.1, 0.15) is 16.3 Å². The van der Waals surface area contributed by atoms with E-state index in [2.05, 4.69) is 16.0 Å². The number of ether oxygens (including phenoxy) is 1. The summed E-state index contributed by atoms with van der Waals surface area (Å²) in [5.41, 5.74) is 1.96. The summed E-state index contributed by atoms with van der Waals surface area (Å²) in [6.45, 7) is 0. The number of nitrogens with one attached hydrogen (secondary N) is 3. The van der Waals surface area contributed by atoms with Crippen molar-refractivity contribution < 1.29 is 23.2 Å². The summed E-state index contributed by atoms with van der Waals surface area (Å²) < 4.78 is 16.2. The van der Waals surface area contributed by atoms with Crippen LogP contribution in [0.25, 0.3) is 17.4 Å². The number of furan rings is 2. The highest BCUT2D eigenvalue weighted by molar-refractivity contribution is 7.80. The van der Waals surface area contributed by atoms with E-state index in [-0.39, 0.29) is 10.9 Å². The van der Waals surface area contributed by atoms with E-state index in [0.717, 1.165) is 5.56 Å². The van der Waals surface area contributed by atoms with Gasteiger partial charge in [-0.3, -0.25) is 14.9 Å². The number of anilines is 2. The fourth-order valence-electron chi connectivity index (χ4n) is 3.14. The first kappa shape index (κ1) is 23.5. The van der Waals surface area contributed by atoms with E-state index in [1.54, 1.807) is 42.5 Å². The van der Waals surface area contributed by atoms with Crippen molar-refractivity contribution in [2.75, 3.05) is 17.7 Å². The summed E-state index contributed by atoms with van der Waals surface area (Å²) in [5, 5.41) is 8.29. The van der Waals surface area contributed by atoms with Gasteiger partial charge < -0.3 is 24.2 Å². The molecule has 0 fully saturated rings. The summed E-state index contributed by atoms with van der Waals surface area (Å²) >= 11 is 5.22. The van der Waals surface area contributed by atoms with E-state index in [9.17, 15) is 9.59 Å². The summed E-state index contributed by atoms with van der Waals surface area (Å²) in [7, 11) is 1.48. The molecule has 0 unspecified atom stereocenters. The number of amides is 2. The Kier molecular flexibility index (Phi) is 7.39. The van der Waals surface area contributed by atoms with E-state index in [1.807, 2.05) is 36.4 Å². The molecule has 0 radical (unpaired) electrons. The van der Waals surface area contributed by atoms with Crippen LogP contribution in [0.4, 0.5) is 11.4 Å². The zero-order valence-electron chi connectivity index (χ0n) is 18.6. The van der Waals surface area contributed by atoms with Gasteiger partial charge in [-0.15, -0.1) is 0 Å². The minimum Gasteiger partial charge on any atom is -0.494 e. The maximum atomic E-state index is 12.3. The largest absolute Gasteiger partial charge is 0.494 e. The van der Waals surface area contributed by atoms with Gasteiger partial charge in [0.1, 0.15) is 17.3 Å². The third kappa shape index (κ3) is 6.24. The topological polar surface area (TPSA) is 106 Å². The second-order valence-electron chi connectivity index (χ2n) is 7.19. The van der Waals surface area contributed by atoms with E-state index in [0.29, 0.717) is 28.6 Å². The average molecular weight is 488 g/mol. The summed E-state index contributed by atoms with van der Waals surface area (Å²) in [4.78, 5) is 24.5. The Morgan fingerprint density at radius 1 is 0.971 bits per heavy atom. The highest BCUT2D eigenvalue weighted by Crippen LogP contribution is 2.28. The molecule has 3 N–H and O–H groups in total. The van der Waals surface area contributed by atoms with Crippen LogP contribution in [0, 0.1) is 0 Å². The van der Waals surface area contributed by atoms with Crippen LogP contribution >= 0.6 is 12.2 Å². The Hall–Kier alpha value is -4.63. The first-order chi connectivity index (χ1) is 17.0. The van der Waals surface area contributed by atoms with Gasteiger partial charge in [0, 0.05) is 23.4 Å². The maximum Gasteiger partial charge on any atom is 0.291 e. The molecule has 8 nitrogen and oxygen atoms in total. The molecule has 176 valence electrons. The average Bonchev–Trinajstić information content (AvgIpc) is 3.57. The lowest BCUT2D eigenvalue weighted by Gasteiger charge is -2.13. The van der Waals surface area contributed by atoms with E-state index >= 15 is 0 Å². The summed E-state index contributed by atoms with van der Waals surface area (Å²) in [6.07, 6.45) is 4.31. The third-order valence-corrected chi connectivity index (χ3v) is 4.98. The highest BCUT2D eigenvalue weighted by atomic mass is 32.1. The van der Waals surface area contributed by atoms with Gasteiger partial charge in [0.2, 0.25) is 5.91 Å². The van der Waals surface area contributed by atoms with Gasteiger partial charge in [-0.25, -0.2) is 0 Å². The monoisotopic (exact) mass is 487 g/mol. The molecule has 0 aliphatic carbocycles. The van der Waals surface area contributed by atoms with Gasteiger partial charge >= 0.3 is 0 Å². The smallest absolute Gasteiger partial charge is 0.291 e. The maximum absolute atomic E-state index is 12.3. The van der Waals surface area contributed by atoms with Gasteiger partial charge in [0.15, 0.2) is 10.9 Å². The van der Waals surface area contributed by atoms with Crippen LogP contribution in [0.3, 0.4) is 0 Å². The summed E-state index contributed by atoms with van der Waals surface area (Å²) in [5.74, 6) is 0.994. The number of benzene rings is 2. The lowest BCUT2D eigenvalue weighted by molar-refractivity contribution is -0.115. The highest BCUT2D eigenvalue weighted by Gasteiger charge is 2.13. The fourth-order valence-corrected chi connectivity index (χ4v) is 3.36. The van der Waals surface area contributed by atoms with Crippen molar-refractivity contribution in [1.82, 2.24) is 5.32 Å². The molecule has 2 aromatic carbocycles. The molecule has 0 spiro atoms. The molecule has 0 aliphatic rings. The third-order valence-electron chi connectivity index (χ3n) is 4.77. The molecular weight excluding hydrogens is 466 g/mol. The van der Waals surface area contributed by atoms with Gasteiger partial charge in [0.05, 0.1) is 19.1 Å². The molecule has 35 heavy (non-hydrogen) atoms. The van der Waals surface area contributed by atoms with Crippen LogP contribution in [-0.2, 0) is 4.79 Å². The fraction of sp³-hybridized carbons (Fsp3) is 0.0385. The lowest BCUT2D eigenvalue weighted by Crippen LogP contribution is -2.32.